The lowest BCUT2D eigenvalue weighted by atomic mass is 10.1. The van der Waals surface area contributed by atoms with E-state index in [4.69, 9.17) is 34.8 Å². The third kappa shape index (κ3) is 4.80. The van der Waals surface area contributed by atoms with Crippen molar-refractivity contribution in [2.75, 3.05) is 0 Å². The van der Waals surface area contributed by atoms with Gasteiger partial charge in [-0.15, -0.1) is 17.0 Å². The van der Waals surface area contributed by atoms with Crippen LogP contribution in [0.25, 0.3) is 0 Å². The molecule has 0 aliphatic carbocycles. The zero-order valence-electron chi connectivity index (χ0n) is 7.03. The van der Waals surface area contributed by atoms with Crippen LogP contribution in [0.5, 0.6) is 0 Å². The summed E-state index contributed by atoms with van der Waals surface area (Å²) in [5, 5.41) is 9.42. The Labute approximate surface area is 108 Å². The molecular weight excluding hydrogens is 312 g/mol. The lowest BCUT2D eigenvalue weighted by molar-refractivity contribution is 0.179. The molecule has 80 valence electrons. The molecule has 0 saturated heterocycles. The Morgan fingerprint density at radius 3 is 2.21 bits per heavy atom. The van der Waals surface area contributed by atoms with Gasteiger partial charge in [0.2, 0.25) is 3.79 Å². The average Bonchev–Trinajstić information content (AvgIpc) is 2.04. The molecular formula is C8H9BrCl3NO. The van der Waals surface area contributed by atoms with Crippen LogP contribution < -0.4 is 0 Å². The van der Waals surface area contributed by atoms with E-state index in [1.807, 2.05) is 0 Å². The van der Waals surface area contributed by atoms with Crippen molar-refractivity contribution in [3.05, 3.63) is 30.1 Å². The van der Waals surface area contributed by atoms with Crippen LogP contribution in [0.3, 0.4) is 0 Å². The zero-order valence-corrected chi connectivity index (χ0v) is 11.0. The molecule has 0 radical (unpaired) electrons. The van der Waals surface area contributed by atoms with Crippen LogP contribution >= 0.6 is 51.8 Å². The van der Waals surface area contributed by atoms with Crippen molar-refractivity contribution in [1.29, 1.82) is 0 Å². The number of nitrogens with zero attached hydrogens (tertiary/aromatic N) is 1. The van der Waals surface area contributed by atoms with Crippen LogP contribution in [0.15, 0.2) is 24.5 Å². The van der Waals surface area contributed by atoms with Crippen molar-refractivity contribution in [3.63, 3.8) is 0 Å². The van der Waals surface area contributed by atoms with Gasteiger partial charge in [-0.25, -0.2) is 0 Å². The van der Waals surface area contributed by atoms with E-state index in [0.717, 1.165) is 5.56 Å². The number of halogens is 4. The molecule has 1 aromatic rings. The first-order valence-electron chi connectivity index (χ1n) is 3.64. The quantitative estimate of drug-likeness (QED) is 0.850. The minimum Gasteiger partial charge on any atom is -0.388 e. The summed E-state index contributed by atoms with van der Waals surface area (Å²) in [6, 6.07) is 3.53. The van der Waals surface area contributed by atoms with Gasteiger partial charge in [0.15, 0.2) is 0 Å². The minimum atomic E-state index is -1.64. The van der Waals surface area contributed by atoms with Crippen molar-refractivity contribution >= 4 is 51.8 Å². The molecule has 14 heavy (non-hydrogen) atoms. The predicted molar refractivity (Wildman–Crippen MR) is 64.6 cm³/mol. The molecule has 6 heteroatoms. The second-order valence-corrected chi connectivity index (χ2v) is 4.99. The van der Waals surface area contributed by atoms with Gasteiger partial charge < -0.3 is 5.11 Å². The van der Waals surface area contributed by atoms with Gasteiger partial charge in [0, 0.05) is 18.8 Å². The fraction of sp³-hybridized carbons (Fsp3) is 0.375. The van der Waals surface area contributed by atoms with Gasteiger partial charge in [0.1, 0.15) is 6.10 Å². The highest BCUT2D eigenvalue weighted by Crippen LogP contribution is 2.31. The number of aliphatic hydroxyl groups excluding tert-OH is 1. The molecule has 0 aliphatic rings. The van der Waals surface area contributed by atoms with E-state index in [9.17, 15) is 5.11 Å². The van der Waals surface area contributed by atoms with Crippen LogP contribution in [0.4, 0.5) is 0 Å². The van der Waals surface area contributed by atoms with Gasteiger partial charge in [-0.3, -0.25) is 4.98 Å². The third-order valence-corrected chi connectivity index (χ3v) is 2.31. The van der Waals surface area contributed by atoms with Gasteiger partial charge in [-0.1, -0.05) is 34.8 Å². The first kappa shape index (κ1) is 14.5. The van der Waals surface area contributed by atoms with Crippen molar-refractivity contribution in [2.24, 2.45) is 0 Å². The number of aromatic nitrogens is 1. The van der Waals surface area contributed by atoms with Gasteiger partial charge in [-0.05, 0) is 17.7 Å². The molecule has 0 aliphatic heterocycles. The van der Waals surface area contributed by atoms with E-state index in [-0.39, 0.29) is 17.0 Å². The Morgan fingerprint density at radius 1 is 1.29 bits per heavy atom. The molecule has 1 heterocycles. The Kier molecular flexibility index (Phi) is 6.33. The van der Waals surface area contributed by atoms with Crippen LogP contribution in [-0.2, 0) is 6.42 Å². The zero-order chi connectivity index (χ0) is 9.90. The SMILES string of the molecule is Br.OC(Cc1ccncc1)C(Cl)(Cl)Cl. The molecule has 1 rings (SSSR count). The van der Waals surface area contributed by atoms with Crippen molar-refractivity contribution in [1.82, 2.24) is 4.98 Å². The maximum atomic E-state index is 9.42. The third-order valence-electron chi connectivity index (χ3n) is 1.56. The maximum Gasteiger partial charge on any atom is 0.216 e. The molecule has 1 atom stereocenters. The summed E-state index contributed by atoms with van der Waals surface area (Å²) in [4.78, 5) is 3.83. The Morgan fingerprint density at radius 2 is 1.79 bits per heavy atom. The number of alkyl halides is 3. The Bertz CT molecular complexity index is 265. The molecule has 1 unspecified atom stereocenters. The van der Waals surface area contributed by atoms with Gasteiger partial charge in [0.25, 0.3) is 0 Å². The van der Waals surface area contributed by atoms with E-state index >= 15 is 0 Å². The lowest BCUT2D eigenvalue weighted by Gasteiger charge is -2.18. The van der Waals surface area contributed by atoms with Crippen molar-refractivity contribution in [3.8, 4) is 0 Å². The highest BCUT2D eigenvalue weighted by Gasteiger charge is 2.30. The number of hydrogen-bond acceptors (Lipinski definition) is 2. The topological polar surface area (TPSA) is 33.1 Å². The maximum absolute atomic E-state index is 9.42. The Balaban J connectivity index is 0.00000169. The summed E-state index contributed by atoms with van der Waals surface area (Å²) in [6.45, 7) is 0. The standard InChI is InChI=1S/C8H8Cl3NO.BrH/c9-8(10,11)7(13)5-6-1-3-12-4-2-6;/h1-4,7,13H,5H2;1H. The summed E-state index contributed by atoms with van der Waals surface area (Å²) in [6.07, 6.45) is 2.56. The summed E-state index contributed by atoms with van der Waals surface area (Å²) >= 11 is 16.5. The van der Waals surface area contributed by atoms with E-state index in [1.54, 1.807) is 24.5 Å². The van der Waals surface area contributed by atoms with Crippen LogP contribution in [0.1, 0.15) is 5.56 Å². The fourth-order valence-corrected chi connectivity index (χ4v) is 1.09. The van der Waals surface area contributed by atoms with E-state index in [0.29, 0.717) is 6.42 Å². The van der Waals surface area contributed by atoms with E-state index < -0.39 is 9.90 Å². The first-order chi connectivity index (χ1) is 6.00. The second kappa shape index (κ2) is 6.13. The summed E-state index contributed by atoms with van der Waals surface area (Å²) in [7, 11) is 0. The van der Waals surface area contributed by atoms with E-state index in [1.165, 1.54) is 0 Å². The molecule has 0 fully saturated rings. The summed E-state index contributed by atoms with van der Waals surface area (Å²) in [5.74, 6) is 0. The van der Waals surface area contributed by atoms with Crippen LogP contribution in [-0.4, -0.2) is 20.0 Å². The number of hydrogen-bond donors (Lipinski definition) is 1. The van der Waals surface area contributed by atoms with Crippen LogP contribution in [0, 0.1) is 0 Å². The molecule has 1 N–H and O–H groups in total. The highest BCUT2D eigenvalue weighted by molar-refractivity contribution is 8.93. The van der Waals surface area contributed by atoms with Gasteiger partial charge in [-0.2, -0.15) is 0 Å². The van der Waals surface area contributed by atoms with Gasteiger partial charge >= 0.3 is 0 Å². The fourth-order valence-electron chi connectivity index (χ4n) is 0.858. The summed E-state index contributed by atoms with van der Waals surface area (Å²) in [5.41, 5.74) is 0.883. The van der Waals surface area contributed by atoms with Crippen molar-refractivity contribution < 1.29 is 5.11 Å². The molecule has 0 spiro atoms. The number of pyridine rings is 1. The smallest absolute Gasteiger partial charge is 0.216 e. The second-order valence-electron chi connectivity index (χ2n) is 2.62. The minimum absolute atomic E-state index is 0. The molecule has 0 aromatic carbocycles. The largest absolute Gasteiger partial charge is 0.388 e. The lowest BCUT2D eigenvalue weighted by Crippen LogP contribution is -2.27. The number of aliphatic hydroxyl groups is 1. The first-order valence-corrected chi connectivity index (χ1v) is 4.77. The van der Waals surface area contributed by atoms with Crippen molar-refractivity contribution in [2.45, 2.75) is 16.3 Å². The molecule has 0 saturated carbocycles. The molecule has 0 amide bonds. The van der Waals surface area contributed by atoms with E-state index in [2.05, 4.69) is 4.98 Å². The molecule has 2 nitrogen and oxygen atoms in total. The molecule has 1 aromatic heterocycles. The van der Waals surface area contributed by atoms with Gasteiger partial charge in [0.05, 0.1) is 0 Å². The monoisotopic (exact) mass is 319 g/mol. The highest BCUT2D eigenvalue weighted by atomic mass is 79.9. The van der Waals surface area contributed by atoms with Crippen LogP contribution in [0.2, 0.25) is 0 Å². The predicted octanol–water partition coefficient (Wildman–Crippen LogP) is 2.93. The Hall–Kier alpha value is 0.460. The average molecular weight is 321 g/mol. The number of rotatable bonds is 2. The molecule has 0 bridgehead atoms. The normalized spacial score (nSPS) is 13.1. The summed E-state index contributed by atoms with van der Waals surface area (Å²) < 4.78 is -1.64.